The van der Waals surface area contributed by atoms with Crippen molar-refractivity contribution in [2.45, 2.75) is 19.0 Å². The molecule has 0 unspecified atom stereocenters. The third-order valence-corrected chi connectivity index (χ3v) is 6.84. The smallest absolute Gasteiger partial charge is 0.377 e. The molecule has 5 rings (SSSR count). The van der Waals surface area contributed by atoms with Crippen molar-refractivity contribution in [3.05, 3.63) is 107 Å². The number of carbonyl (C=O) groups excluding carboxylic acids is 2. The molecule has 2 amide bonds. The van der Waals surface area contributed by atoms with Crippen molar-refractivity contribution in [1.82, 2.24) is 4.98 Å². The minimum atomic E-state index is -4.65. The number of pyridine rings is 1. The molecule has 0 saturated carbocycles. The summed E-state index contributed by atoms with van der Waals surface area (Å²) in [6.07, 6.45) is -2.24. The van der Waals surface area contributed by atoms with E-state index in [-0.39, 0.29) is 23.6 Å². The third kappa shape index (κ3) is 5.54. The minimum Gasteiger partial charge on any atom is -0.377 e. The van der Waals surface area contributed by atoms with Crippen LogP contribution in [0, 0.1) is 0 Å². The number of rotatable bonds is 6. The summed E-state index contributed by atoms with van der Waals surface area (Å²) >= 11 is 0. The molecule has 1 aliphatic rings. The van der Waals surface area contributed by atoms with E-state index in [0.717, 1.165) is 17.3 Å². The molecule has 0 atom stereocenters. The van der Waals surface area contributed by atoms with Crippen LogP contribution in [0.4, 0.5) is 30.2 Å². The summed E-state index contributed by atoms with van der Waals surface area (Å²) in [4.78, 5) is 33.7. The largest absolute Gasteiger partial charge is 0.418 e. The lowest BCUT2D eigenvalue weighted by Crippen LogP contribution is -2.30. The van der Waals surface area contributed by atoms with Gasteiger partial charge in [0.05, 0.1) is 12.0 Å². The lowest BCUT2D eigenvalue weighted by Gasteiger charge is -2.23. The Morgan fingerprint density at radius 2 is 1.73 bits per heavy atom. The van der Waals surface area contributed by atoms with Crippen molar-refractivity contribution >= 4 is 28.9 Å². The average Bonchev–Trinajstić information content (AvgIpc) is 3.36. The van der Waals surface area contributed by atoms with Crippen LogP contribution in [0.3, 0.4) is 0 Å². The number of anilines is 3. The second-order valence-corrected chi connectivity index (χ2v) is 9.76. The van der Waals surface area contributed by atoms with Gasteiger partial charge in [0, 0.05) is 55.2 Å². The fourth-order valence-electron chi connectivity index (χ4n) is 4.92. The van der Waals surface area contributed by atoms with Gasteiger partial charge >= 0.3 is 6.18 Å². The topological polar surface area (TPSA) is 65.5 Å². The minimum absolute atomic E-state index is 0.0316. The molecule has 3 aromatic carbocycles. The molecule has 0 bridgehead atoms. The summed E-state index contributed by atoms with van der Waals surface area (Å²) in [7, 11) is 3.07. The summed E-state index contributed by atoms with van der Waals surface area (Å²) in [5, 5.41) is 2.78. The highest BCUT2D eigenvalue weighted by Crippen LogP contribution is 2.40. The number of halogens is 3. The van der Waals surface area contributed by atoms with Gasteiger partial charge in [0.1, 0.15) is 0 Å². The van der Waals surface area contributed by atoms with E-state index in [1.807, 2.05) is 6.07 Å². The van der Waals surface area contributed by atoms with Gasteiger partial charge in [0.15, 0.2) is 0 Å². The van der Waals surface area contributed by atoms with Gasteiger partial charge in [0.25, 0.3) is 5.91 Å². The van der Waals surface area contributed by atoms with Crippen molar-refractivity contribution in [3.63, 3.8) is 0 Å². The van der Waals surface area contributed by atoms with E-state index < -0.39 is 17.6 Å². The number of nitrogens with zero attached hydrogens (tertiary/aromatic N) is 3. The van der Waals surface area contributed by atoms with Gasteiger partial charge in [0.2, 0.25) is 5.91 Å². The number of carbonyl (C=O) groups is 2. The van der Waals surface area contributed by atoms with Gasteiger partial charge in [-0.25, -0.2) is 0 Å². The van der Waals surface area contributed by atoms with Gasteiger partial charge in [-0.05, 0) is 65.6 Å². The Balaban J connectivity index is 1.44. The molecule has 40 heavy (non-hydrogen) atoms. The van der Waals surface area contributed by atoms with Crippen molar-refractivity contribution < 1.29 is 22.8 Å². The van der Waals surface area contributed by atoms with E-state index in [2.05, 4.69) is 10.3 Å². The Labute approximate surface area is 230 Å². The molecule has 1 aromatic heterocycles. The van der Waals surface area contributed by atoms with E-state index in [1.165, 1.54) is 25.1 Å². The van der Waals surface area contributed by atoms with Gasteiger partial charge in [-0.1, -0.05) is 36.4 Å². The first kappa shape index (κ1) is 26.9. The normalized spacial score (nSPS) is 12.7. The zero-order valence-electron chi connectivity index (χ0n) is 22.0. The van der Waals surface area contributed by atoms with Crippen LogP contribution in [0.25, 0.3) is 11.1 Å². The second kappa shape index (κ2) is 10.8. The molecule has 0 spiro atoms. The number of amides is 2. The zero-order valence-corrected chi connectivity index (χ0v) is 22.0. The summed E-state index contributed by atoms with van der Waals surface area (Å²) in [5.41, 5.74) is 2.74. The van der Waals surface area contributed by atoms with Crippen molar-refractivity contribution in [2.24, 2.45) is 0 Å². The first-order valence-corrected chi connectivity index (χ1v) is 12.7. The highest BCUT2D eigenvalue weighted by molar-refractivity contribution is 6.10. The standard InChI is InChI=1S/C31H27F3N4O2/c1-37(2)28-19-24(20-8-4-3-5-9-20)25(18-26(28)31(32,33)34)30(40)36-23-11-12-27-21(16-23)13-15-38(27)29(39)17-22-10-6-7-14-35-22/h3-12,14,16,18-19H,13,15,17H2,1-2H3,(H,36,40). The van der Waals surface area contributed by atoms with Crippen molar-refractivity contribution in [1.29, 1.82) is 0 Å². The maximum atomic E-state index is 14.0. The van der Waals surface area contributed by atoms with Crippen LogP contribution in [-0.4, -0.2) is 37.4 Å². The Morgan fingerprint density at radius 3 is 2.40 bits per heavy atom. The molecule has 2 heterocycles. The van der Waals surface area contributed by atoms with Gasteiger partial charge in [-0.15, -0.1) is 0 Å². The molecule has 0 fully saturated rings. The van der Waals surface area contributed by atoms with E-state index >= 15 is 0 Å². The fourth-order valence-corrected chi connectivity index (χ4v) is 4.92. The SMILES string of the molecule is CN(C)c1cc(-c2ccccc2)c(C(=O)Nc2ccc3c(c2)CCN3C(=O)Cc2ccccn2)cc1C(F)(F)F. The number of hydrogen-bond acceptors (Lipinski definition) is 4. The van der Waals surface area contributed by atoms with Crippen molar-refractivity contribution in [2.75, 3.05) is 35.8 Å². The molecule has 9 heteroatoms. The lowest BCUT2D eigenvalue weighted by molar-refractivity contribution is -0.137. The van der Waals surface area contributed by atoms with Crippen LogP contribution in [0.5, 0.6) is 0 Å². The summed E-state index contributed by atoms with van der Waals surface area (Å²) in [6.45, 7) is 0.498. The van der Waals surface area contributed by atoms with Crippen LogP contribution < -0.4 is 15.1 Å². The molecule has 6 nitrogen and oxygen atoms in total. The number of aromatic nitrogens is 1. The number of benzene rings is 3. The number of nitrogens with one attached hydrogen (secondary N) is 1. The van der Waals surface area contributed by atoms with Crippen LogP contribution in [0.15, 0.2) is 85.1 Å². The fraction of sp³-hybridized carbons (Fsp3) is 0.194. The molecule has 0 aliphatic carbocycles. The maximum Gasteiger partial charge on any atom is 0.418 e. The predicted octanol–water partition coefficient (Wildman–Crippen LogP) is 6.22. The Morgan fingerprint density at radius 1 is 0.975 bits per heavy atom. The maximum absolute atomic E-state index is 14.0. The first-order chi connectivity index (χ1) is 19.1. The molecular formula is C31H27F3N4O2. The summed E-state index contributed by atoms with van der Waals surface area (Å²) in [5.74, 6) is -0.738. The number of alkyl halides is 3. The lowest BCUT2D eigenvalue weighted by atomic mass is 9.94. The monoisotopic (exact) mass is 544 g/mol. The summed E-state index contributed by atoms with van der Waals surface area (Å²) in [6, 6.07) is 21.8. The highest BCUT2D eigenvalue weighted by Gasteiger charge is 2.36. The Kier molecular flexibility index (Phi) is 7.30. The van der Waals surface area contributed by atoms with Crippen molar-refractivity contribution in [3.8, 4) is 11.1 Å². The quantitative estimate of drug-likeness (QED) is 0.313. The van der Waals surface area contributed by atoms with Gasteiger partial charge < -0.3 is 15.1 Å². The predicted molar refractivity (Wildman–Crippen MR) is 150 cm³/mol. The molecular weight excluding hydrogens is 517 g/mol. The van der Waals surface area contributed by atoms with E-state index in [4.69, 9.17) is 0 Å². The van der Waals surface area contributed by atoms with E-state index in [0.29, 0.717) is 35.5 Å². The first-order valence-electron chi connectivity index (χ1n) is 12.7. The molecule has 1 N–H and O–H groups in total. The number of fused-ring (bicyclic) bond motifs is 1. The van der Waals surface area contributed by atoms with Crippen LogP contribution in [0.2, 0.25) is 0 Å². The van der Waals surface area contributed by atoms with Crippen LogP contribution in [0.1, 0.15) is 27.2 Å². The average molecular weight is 545 g/mol. The Bertz CT molecular complexity index is 1550. The summed E-state index contributed by atoms with van der Waals surface area (Å²) < 4.78 is 42.0. The molecule has 0 radical (unpaired) electrons. The Hall–Kier alpha value is -4.66. The molecule has 4 aromatic rings. The molecule has 204 valence electrons. The third-order valence-electron chi connectivity index (χ3n) is 6.84. The van der Waals surface area contributed by atoms with Gasteiger partial charge in [-0.3, -0.25) is 14.6 Å². The second-order valence-electron chi connectivity index (χ2n) is 9.76. The zero-order chi connectivity index (χ0) is 28.4. The molecule has 0 saturated heterocycles. The van der Waals surface area contributed by atoms with Crippen LogP contribution >= 0.6 is 0 Å². The van der Waals surface area contributed by atoms with E-state index in [9.17, 15) is 22.8 Å². The van der Waals surface area contributed by atoms with Gasteiger partial charge in [-0.2, -0.15) is 13.2 Å². The highest BCUT2D eigenvalue weighted by atomic mass is 19.4. The molecule has 1 aliphatic heterocycles. The van der Waals surface area contributed by atoms with E-state index in [1.54, 1.807) is 71.8 Å². The number of hydrogen-bond donors (Lipinski definition) is 1. The van der Waals surface area contributed by atoms with Crippen LogP contribution in [-0.2, 0) is 23.8 Å².